The van der Waals surface area contributed by atoms with Gasteiger partial charge in [-0.25, -0.2) is 9.97 Å². The first-order valence-corrected chi connectivity index (χ1v) is 9.11. The lowest BCUT2D eigenvalue weighted by molar-refractivity contribution is 0.0791. The molecular weight excluding hydrogens is 350 g/mol. The van der Waals surface area contributed by atoms with E-state index in [1.54, 1.807) is 36.5 Å². The highest BCUT2D eigenvalue weighted by molar-refractivity contribution is 5.93. The normalized spacial score (nSPS) is 10.3. The maximum atomic E-state index is 13.0. The van der Waals surface area contributed by atoms with E-state index in [0.29, 0.717) is 30.4 Å². The van der Waals surface area contributed by atoms with Gasteiger partial charge in [0.15, 0.2) is 5.82 Å². The number of nitrogens with one attached hydrogen (secondary N) is 1. The van der Waals surface area contributed by atoms with Gasteiger partial charge in [0, 0.05) is 44.2 Å². The molecule has 0 unspecified atom stereocenters. The van der Waals surface area contributed by atoms with Crippen molar-refractivity contribution >= 4 is 11.7 Å². The second-order valence-electron chi connectivity index (χ2n) is 6.33. The number of carbonyl (C=O) groups excluding carboxylic acids is 1. The highest BCUT2D eigenvalue weighted by Gasteiger charge is 2.16. The van der Waals surface area contributed by atoms with Crippen LogP contribution >= 0.6 is 0 Å². The summed E-state index contributed by atoms with van der Waals surface area (Å²) >= 11 is 0. The van der Waals surface area contributed by atoms with Gasteiger partial charge in [0.05, 0.1) is 0 Å². The zero-order valence-corrected chi connectivity index (χ0v) is 15.9. The van der Waals surface area contributed by atoms with Crippen LogP contribution in [0.5, 0.6) is 0 Å². The summed E-state index contributed by atoms with van der Waals surface area (Å²) in [4.78, 5) is 27.7. The lowest BCUT2D eigenvalue weighted by atomic mass is 10.2. The van der Waals surface area contributed by atoms with Crippen LogP contribution in [0.4, 0.5) is 5.82 Å². The van der Waals surface area contributed by atoms with Crippen LogP contribution in [0.2, 0.25) is 0 Å². The predicted octanol–water partition coefficient (Wildman–Crippen LogP) is 3.45. The summed E-state index contributed by atoms with van der Waals surface area (Å²) in [5.74, 6) is 0.968. The number of pyridine rings is 1. The molecule has 6 heteroatoms. The van der Waals surface area contributed by atoms with Crippen LogP contribution in [0.1, 0.15) is 16.1 Å². The van der Waals surface area contributed by atoms with E-state index >= 15 is 0 Å². The van der Waals surface area contributed by atoms with Crippen molar-refractivity contribution in [2.75, 3.05) is 25.5 Å². The van der Waals surface area contributed by atoms with Crippen LogP contribution in [0, 0.1) is 0 Å². The maximum absolute atomic E-state index is 13.0. The number of likely N-dealkylation sites (N-methyl/N-ethyl adjacent to an activating group) is 1. The second kappa shape index (κ2) is 9.41. The van der Waals surface area contributed by atoms with E-state index < -0.39 is 0 Å². The predicted molar refractivity (Wildman–Crippen MR) is 111 cm³/mol. The first-order chi connectivity index (χ1) is 13.7. The number of hydrogen-bond acceptors (Lipinski definition) is 5. The van der Waals surface area contributed by atoms with Crippen LogP contribution in [0.25, 0.3) is 11.4 Å². The second-order valence-corrected chi connectivity index (χ2v) is 6.33. The molecule has 0 aliphatic carbocycles. The number of nitrogens with zero attached hydrogens (tertiary/aromatic N) is 4. The molecule has 28 heavy (non-hydrogen) atoms. The molecule has 1 aromatic carbocycles. The van der Waals surface area contributed by atoms with Crippen molar-refractivity contribution in [2.45, 2.75) is 6.42 Å². The molecule has 142 valence electrons. The van der Waals surface area contributed by atoms with Gasteiger partial charge in [-0.3, -0.25) is 9.78 Å². The van der Waals surface area contributed by atoms with Gasteiger partial charge < -0.3 is 10.2 Å². The molecule has 0 aliphatic heterocycles. The monoisotopic (exact) mass is 373 g/mol. The number of carbonyl (C=O) groups is 1. The molecule has 1 amide bonds. The van der Waals surface area contributed by atoms with Crippen LogP contribution < -0.4 is 5.32 Å². The summed E-state index contributed by atoms with van der Waals surface area (Å²) in [7, 11) is 1.78. The Morgan fingerprint density at radius 3 is 2.61 bits per heavy atom. The average Bonchev–Trinajstić information content (AvgIpc) is 2.76. The number of rotatable bonds is 8. The largest absolute Gasteiger partial charge is 0.366 e. The Hall–Kier alpha value is -3.54. The van der Waals surface area contributed by atoms with Gasteiger partial charge in [-0.05, 0) is 24.1 Å². The number of anilines is 1. The van der Waals surface area contributed by atoms with Crippen molar-refractivity contribution in [1.29, 1.82) is 0 Å². The number of hydrogen-bond donors (Lipinski definition) is 1. The van der Waals surface area contributed by atoms with Crippen LogP contribution in [0.15, 0.2) is 73.6 Å². The SMILES string of the molecule is C=CCNc1cc(C(=O)N(C)CCc2ccncc2)nc(-c2ccccc2)n1. The Bertz CT molecular complexity index is 928. The molecule has 0 atom stereocenters. The highest BCUT2D eigenvalue weighted by Crippen LogP contribution is 2.18. The first kappa shape index (κ1) is 19.2. The van der Waals surface area contributed by atoms with Gasteiger partial charge in [0.2, 0.25) is 0 Å². The summed E-state index contributed by atoms with van der Waals surface area (Å²) in [5.41, 5.74) is 2.35. The van der Waals surface area contributed by atoms with E-state index in [2.05, 4.69) is 26.8 Å². The quantitative estimate of drug-likeness (QED) is 0.613. The van der Waals surface area contributed by atoms with Crippen molar-refractivity contribution in [3.05, 3.63) is 84.8 Å². The summed E-state index contributed by atoms with van der Waals surface area (Å²) in [6.45, 7) is 4.85. The summed E-state index contributed by atoms with van der Waals surface area (Å²) in [5, 5.41) is 3.15. The third-order valence-electron chi connectivity index (χ3n) is 4.24. The fourth-order valence-corrected chi connectivity index (χ4v) is 2.68. The average molecular weight is 373 g/mol. The maximum Gasteiger partial charge on any atom is 0.272 e. The molecule has 6 nitrogen and oxygen atoms in total. The van der Waals surface area contributed by atoms with E-state index in [1.165, 1.54) is 0 Å². The van der Waals surface area contributed by atoms with Crippen molar-refractivity contribution in [3.63, 3.8) is 0 Å². The summed E-state index contributed by atoms with van der Waals surface area (Å²) in [6, 6.07) is 15.2. The Morgan fingerprint density at radius 2 is 1.89 bits per heavy atom. The third kappa shape index (κ3) is 5.01. The number of aromatic nitrogens is 3. The van der Waals surface area contributed by atoms with Gasteiger partial charge in [0.25, 0.3) is 5.91 Å². The molecule has 0 saturated heterocycles. The van der Waals surface area contributed by atoms with Gasteiger partial charge >= 0.3 is 0 Å². The van der Waals surface area contributed by atoms with Crippen molar-refractivity contribution in [2.24, 2.45) is 0 Å². The fraction of sp³-hybridized carbons (Fsp3) is 0.182. The number of benzene rings is 1. The fourth-order valence-electron chi connectivity index (χ4n) is 2.68. The Morgan fingerprint density at radius 1 is 1.14 bits per heavy atom. The first-order valence-electron chi connectivity index (χ1n) is 9.11. The molecule has 2 aromatic heterocycles. The van der Waals surface area contributed by atoms with Gasteiger partial charge in [0.1, 0.15) is 11.5 Å². The lowest BCUT2D eigenvalue weighted by Crippen LogP contribution is -2.30. The van der Waals surface area contributed by atoms with Crippen molar-refractivity contribution in [1.82, 2.24) is 19.9 Å². The molecule has 3 aromatic rings. The highest BCUT2D eigenvalue weighted by atomic mass is 16.2. The smallest absolute Gasteiger partial charge is 0.272 e. The summed E-state index contributed by atoms with van der Waals surface area (Å²) in [6.07, 6.45) is 6.01. The van der Waals surface area contributed by atoms with E-state index in [4.69, 9.17) is 0 Å². The van der Waals surface area contributed by atoms with Gasteiger partial charge in [-0.1, -0.05) is 36.4 Å². The Kier molecular flexibility index (Phi) is 6.46. The van der Waals surface area contributed by atoms with Crippen LogP contribution in [-0.2, 0) is 6.42 Å². The molecule has 3 rings (SSSR count). The minimum atomic E-state index is -0.143. The van der Waals surface area contributed by atoms with E-state index in [1.807, 2.05) is 42.5 Å². The zero-order chi connectivity index (χ0) is 19.8. The molecule has 2 heterocycles. The molecular formula is C22H23N5O. The molecule has 0 aliphatic rings. The van der Waals surface area contributed by atoms with Crippen LogP contribution in [-0.4, -0.2) is 45.9 Å². The molecule has 0 bridgehead atoms. The summed E-state index contributed by atoms with van der Waals surface area (Å²) < 4.78 is 0. The molecule has 0 fully saturated rings. The standard InChI is InChI=1S/C22H23N5O/c1-3-12-24-20-16-19(25-21(26-20)18-7-5-4-6-8-18)22(28)27(2)15-11-17-9-13-23-14-10-17/h3-10,13-14,16H,1,11-12,15H2,2H3,(H,24,25,26). The zero-order valence-electron chi connectivity index (χ0n) is 15.9. The topological polar surface area (TPSA) is 71.0 Å². The Labute approximate surface area is 165 Å². The molecule has 0 radical (unpaired) electrons. The van der Waals surface area contributed by atoms with Gasteiger partial charge in [-0.15, -0.1) is 6.58 Å². The molecule has 1 N–H and O–H groups in total. The lowest BCUT2D eigenvalue weighted by Gasteiger charge is -2.17. The number of amides is 1. The minimum absolute atomic E-state index is 0.143. The van der Waals surface area contributed by atoms with E-state index in [9.17, 15) is 4.79 Å². The molecule has 0 spiro atoms. The van der Waals surface area contributed by atoms with Crippen molar-refractivity contribution < 1.29 is 4.79 Å². The van der Waals surface area contributed by atoms with Crippen LogP contribution in [0.3, 0.4) is 0 Å². The minimum Gasteiger partial charge on any atom is -0.366 e. The molecule has 0 saturated carbocycles. The van der Waals surface area contributed by atoms with Crippen molar-refractivity contribution in [3.8, 4) is 11.4 Å². The third-order valence-corrected chi connectivity index (χ3v) is 4.24. The van der Waals surface area contributed by atoms with E-state index in [0.717, 1.165) is 17.5 Å². The van der Waals surface area contributed by atoms with E-state index in [-0.39, 0.29) is 5.91 Å². The Balaban J connectivity index is 1.82. The van der Waals surface area contributed by atoms with Gasteiger partial charge in [-0.2, -0.15) is 0 Å².